The van der Waals surface area contributed by atoms with Gasteiger partial charge in [-0.25, -0.2) is 9.37 Å². The van der Waals surface area contributed by atoms with Gasteiger partial charge in [0.1, 0.15) is 17.9 Å². The zero-order chi connectivity index (χ0) is 26.5. The lowest BCUT2D eigenvalue weighted by atomic mass is 10.2. The van der Waals surface area contributed by atoms with Crippen LogP contribution < -0.4 is 9.47 Å². The number of rotatable bonds is 9. The van der Waals surface area contributed by atoms with Crippen LogP contribution in [0.5, 0.6) is 11.5 Å². The van der Waals surface area contributed by atoms with E-state index < -0.39 is 0 Å². The third-order valence-electron chi connectivity index (χ3n) is 6.75. The summed E-state index contributed by atoms with van der Waals surface area (Å²) in [5.74, 6) is 1.39. The molecule has 1 aliphatic rings. The van der Waals surface area contributed by atoms with Crippen LogP contribution in [0.4, 0.5) is 4.39 Å². The smallest absolute Gasteiger partial charge is 0.260 e. The molecule has 0 aliphatic carbocycles. The molecule has 9 heteroatoms. The Balaban J connectivity index is 1.21. The molecule has 0 spiro atoms. The molecule has 0 bridgehead atoms. The van der Waals surface area contributed by atoms with Crippen LogP contribution in [0.1, 0.15) is 21.7 Å². The molecule has 2 heterocycles. The number of benzene rings is 3. The lowest BCUT2D eigenvalue weighted by molar-refractivity contribution is -0.135. The highest BCUT2D eigenvalue weighted by atomic mass is 19.1. The third kappa shape index (κ3) is 5.68. The summed E-state index contributed by atoms with van der Waals surface area (Å²) >= 11 is 0. The van der Waals surface area contributed by atoms with Crippen molar-refractivity contribution in [2.45, 2.75) is 13.1 Å². The Morgan fingerprint density at radius 3 is 2.47 bits per heavy atom. The number of hydrogen-bond donors (Lipinski definition) is 0. The van der Waals surface area contributed by atoms with E-state index >= 15 is 0 Å². The first-order chi connectivity index (χ1) is 18.5. The van der Waals surface area contributed by atoms with E-state index in [-0.39, 0.29) is 18.3 Å². The minimum absolute atomic E-state index is 0.119. The molecular formula is C29H29FN4O4. The van der Waals surface area contributed by atoms with Gasteiger partial charge in [0.25, 0.3) is 5.91 Å². The fourth-order valence-electron chi connectivity index (χ4n) is 4.66. The Morgan fingerprint density at radius 2 is 1.74 bits per heavy atom. The molecule has 3 aromatic carbocycles. The lowest BCUT2D eigenvalue weighted by Gasteiger charge is -2.34. The maximum Gasteiger partial charge on any atom is 0.260 e. The summed E-state index contributed by atoms with van der Waals surface area (Å²) in [5, 5.41) is 0. The number of piperazine rings is 1. The van der Waals surface area contributed by atoms with Gasteiger partial charge in [-0.3, -0.25) is 14.5 Å². The summed E-state index contributed by atoms with van der Waals surface area (Å²) in [4.78, 5) is 32.8. The Morgan fingerprint density at radius 1 is 0.974 bits per heavy atom. The molecule has 38 heavy (non-hydrogen) atoms. The second-order valence-electron chi connectivity index (χ2n) is 9.20. The molecule has 1 amide bonds. The average molecular weight is 517 g/mol. The van der Waals surface area contributed by atoms with Crippen molar-refractivity contribution in [3.63, 3.8) is 0 Å². The minimum atomic E-state index is -0.254. The number of methoxy groups -OCH3 is 1. The molecule has 196 valence electrons. The second-order valence-corrected chi connectivity index (χ2v) is 9.20. The highest BCUT2D eigenvalue weighted by Crippen LogP contribution is 2.27. The topological polar surface area (TPSA) is 76.9 Å². The predicted molar refractivity (Wildman–Crippen MR) is 141 cm³/mol. The molecule has 1 aromatic heterocycles. The maximum absolute atomic E-state index is 13.4. The number of aldehydes is 1. The van der Waals surface area contributed by atoms with Gasteiger partial charge in [0.15, 0.2) is 18.1 Å². The van der Waals surface area contributed by atoms with Gasteiger partial charge in [0.05, 0.1) is 24.7 Å². The highest BCUT2D eigenvalue weighted by Gasteiger charge is 2.23. The van der Waals surface area contributed by atoms with Crippen molar-refractivity contribution in [2.75, 3.05) is 39.9 Å². The third-order valence-corrected chi connectivity index (χ3v) is 6.75. The Labute approximate surface area is 220 Å². The van der Waals surface area contributed by atoms with Crippen LogP contribution in [-0.2, 0) is 17.9 Å². The summed E-state index contributed by atoms with van der Waals surface area (Å²) in [6.45, 7) is 3.67. The largest absolute Gasteiger partial charge is 0.493 e. The van der Waals surface area contributed by atoms with Gasteiger partial charge in [-0.05, 0) is 48.0 Å². The van der Waals surface area contributed by atoms with Crippen LogP contribution >= 0.6 is 0 Å². The van der Waals surface area contributed by atoms with Crippen LogP contribution in [0.3, 0.4) is 0 Å². The summed E-state index contributed by atoms with van der Waals surface area (Å²) in [6, 6.07) is 19.4. The number of fused-ring (bicyclic) bond motifs is 1. The van der Waals surface area contributed by atoms with E-state index in [1.807, 2.05) is 24.3 Å². The Kier molecular flexibility index (Phi) is 7.65. The van der Waals surface area contributed by atoms with Crippen molar-refractivity contribution in [1.82, 2.24) is 19.4 Å². The zero-order valence-electron chi connectivity index (χ0n) is 21.2. The summed E-state index contributed by atoms with van der Waals surface area (Å²) < 4.78 is 26.6. The van der Waals surface area contributed by atoms with Gasteiger partial charge in [-0.15, -0.1) is 0 Å². The van der Waals surface area contributed by atoms with Crippen molar-refractivity contribution >= 4 is 23.2 Å². The number of hydrogen-bond acceptors (Lipinski definition) is 6. The van der Waals surface area contributed by atoms with E-state index in [0.717, 1.165) is 28.7 Å². The molecule has 0 unspecified atom stereocenters. The quantitative estimate of drug-likeness (QED) is 0.315. The number of aromatic nitrogens is 2. The van der Waals surface area contributed by atoms with Crippen LogP contribution in [-0.4, -0.2) is 71.4 Å². The normalized spacial score (nSPS) is 14.0. The highest BCUT2D eigenvalue weighted by molar-refractivity contribution is 5.79. The molecule has 1 saturated heterocycles. The van der Waals surface area contributed by atoms with Crippen molar-refractivity contribution in [3.8, 4) is 11.5 Å². The standard InChI is InChI=1S/C29H29FN4O4/c1-37-26-11-8-22(19-35)16-27(26)38-20-29(36)33-14-12-32(13-15-33)18-28-31-24-4-2-3-5-25(24)34(28)17-21-6-9-23(30)10-7-21/h2-11,16,19H,12-15,17-18,20H2,1H3. The number of carbonyl (C=O) groups is 2. The number of imidazole rings is 1. The van der Waals surface area contributed by atoms with Gasteiger partial charge in [0.2, 0.25) is 0 Å². The van der Waals surface area contributed by atoms with E-state index in [0.29, 0.717) is 56.3 Å². The number of carbonyl (C=O) groups excluding carboxylic acids is 2. The molecule has 1 aliphatic heterocycles. The zero-order valence-corrected chi connectivity index (χ0v) is 21.2. The first-order valence-electron chi connectivity index (χ1n) is 12.5. The van der Waals surface area contributed by atoms with Crippen molar-refractivity contribution in [1.29, 1.82) is 0 Å². The molecule has 8 nitrogen and oxygen atoms in total. The molecule has 0 radical (unpaired) electrons. The van der Waals surface area contributed by atoms with Crippen LogP contribution in [0.25, 0.3) is 11.0 Å². The number of nitrogens with zero attached hydrogens (tertiary/aromatic N) is 4. The summed E-state index contributed by atoms with van der Waals surface area (Å²) in [7, 11) is 1.51. The van der Waals surface area contributed by atoms with Gasteiger partial charge >= 0.3 is 0 Å². The van der Waals surface area contributed by atoms with Gasteiger partial charge in [0, 0.05) is 38.3 Å². The summed E-state index contributed by atoms with van der Waals surface area (Å²) in [6.07, 6.45) is 0.723. The minimum Gasteiger partial charge on any atom is -0.493 e. The SMILES string of the molecule is COc1ccc(C=O)cc1OCC(=O)N1CCN(Cc2nc3ccccc3n2Cc2ccc(F)cc2)CC1. The van der Waals surface area contributed by atoms with E-state index in [9.17, 15) is 14.0 Å². The lowest BCUT2D eigenvalue weighted by Crippen LogP contribution is -2.49. The second kappa shape index (κ2) is 11.4. The number of para-hydroxylation sites is 2. The fourth-order valence-corrected chi connectivity index (χ4v) is 4.66. The molecule has 0 N–H and O–H groups in total. The van der Waals surface area contributed by atoms with E-state index in [1.165, 1.54) is 19.2 Å². The van der Waals surface area contributed by atoms with E-state index in [4.69, 9.17) is 14.5 Å². The van der Waals surface area contributed by atoms with E-state index in [1.54, 1.807) is 35.2 Å². The monoisotopic (exact) mass is 516 g/mol. The van der Waals surface area contributed by atoms with Crippen molar-refractivity contribution < 1.29 is 23.5 Å². The molecule has 1 fully saturated rings. The van der Waals surface area contributed by atoms with Gasteiger partial charge in [-0.1, -0.05) is 24.3 Å². The van der Waals surface area contributed by atoms with Crippen LogP contribution in [0, 0.1) is 5.82 Å². The summed E-state index contributed by atoms with van der Waals surface area (Å²) in [5.41, 5.74) is 3.41. The Hall–Kier alpha value is -4.24. The maximum atomic E-state index is 13.4. The van der Waals surface area contributed by atoms with Crippen LogP contribution in [0.2, 0.25) is 0 Å². The van der Waals surface area contributed by atoms with Crippen molar-refractivity contribution in [3.05, 3.63) is 89.5 Å². The van der Waals surface area contributed by atoms with Crippen molar-refractivity contribution in [2.24, 2.45) is 0 Å². The first kappa shape index (κ1) is 25.4. The van der Waals surface area contributed by atoms with E-state index in [2.05, 4.69) is 9.47 Å². The molecule has 0 saturated carbocycles. The van der Waals surface area contributed by atoms with Gasteiger partial charge in [-0.2, -0.15) is 0 Å². The van der Waals surface area contributed by atoms with Gasteiger partial charge < -0.3 is 18.9 Å². The molecule has 4 aromatic rings. The number of halogens is 1. The number of amides is 1. The molecule has 0 atom stereocenters. The Bertz CT molecular complexity index is 1430. The predicted octanol–water partition coefficient (Wildman–Crippen LogP) is 3.77. The average Bonchev–Trinajstić information content (AvgIpc) is 3.29. The number of ether oxygens (including phenoxy) is 2. The molecule has 5 rings (SSSR count). The molecular weight excluding hydrogens is 487 g/mol. The fraction of sp³-hybridized carbons (Fsp3) is 0.276. The van der Waals surface area contributed by atoms with Crippen LogP contribution in [0.15, 0.2) is 66.7 Å². The first-order valence-corrected chi connectivity index (χ1v) is 12.5.